The SMILES string of the molecule is O=S(=O)(NC1CC1)c1ccc(NCC[C@@H]2CCCN2)cc1. The summed E-state index contributed by atoms with van der Waals surface area (Å²) in [6, 6.07) is 7.78. The zero-order valence-corrected chi connectivity index (χ0v) is 13.0. The zero-order chi connectivity index (χ0) is 14.7. The van der Waals surface area contributed by atoms with Gasteiger partial charge in [0.1, 0.15) is 0 Å². The summed E-state index contributed by atoms with van der Waals surface area (Å²) in [4.78, 5) is 0.345. The lowest BCUT2D eigenvalue weighted by molar-refractivity contribution is 0.574. The molecule has 1 atom stereocenters. The van der Waals surface area contributed by atoms with E-state index in [0.29, 0.717) is 10.9 Å². The molecule has 1 aromatic rings. The van der Waals surface area contributed by atoms with Crippen LogP contribution in [0.5, 0.6) is 0 Å². The Hall–Kier alpha value is -1.11. The molecule has 0 aromatic heterocycles. The monoisotopic (exact) mass is 309 g/mol. The van der Waals surface area contributed by atoms with Crippen LogP contribution in [0.15, 0.2) is 29.2 Å². The Morgan fingerprint density at radius 2 is 1.90 bits per heavy atom. The highest BCUT2D eigenvalue weighted by Crippen LogP contribution is 2.22. The van der Waals surface area contributed by atoms with Gasteiger partial charge in [0.25, 0.3) is 0 Å². The highest BCUT2D eigenvalue weighted by molar-refractivity contribution is 7.89. The predicted octanol–water partition coefficient (Wildman–Crippen LogP) is 1.68. The van der Waals surface area contributed by atoms with Crippen LogP contribution in [0.2, 0.25) is 0 Å². The van der Waals surface area contributed by atoms with E-state index < -0.39 is 10.0 Å². The minimum atomic E-state index is -3.34. The molecule has 2 fully saturated rings. The molecule has 6 heteroatoms. The van der Waals surface area contributed by atoms with Gasteiger partial charge in [-0.2, -0.15) is 0 Å². The second kappa shape index (κ2) is 6.34. The average Bonchev–Trinajstić information content (AvgIpc) is 3.11. The van der Waals surface area contributed by atoms with Crippen molar-refractivity contribution in [1.82, 2.24) is 10.0 Å². The van der Waals surface area contributed by atoms with E-state index in [-0.39, 0.29) is 6.04 Å². The molecule has 1 aliphatic heterocycles. The summed E-state index contributed by atoms with van der Waals surface area (Å²) in [6.07, 6.45) is 5.53. The Morgan fingerprint density at radius 1 is 1.14 bits per heavy atom. The Bertz CT molecular complexity index is 561. The number of hydrogen-bond acceptors (Lipinski definition) is 4. The smallest absolute Gasteiger partial charge is 0.240 e. The second-order valence-corrected chi connectivity index (χ2v) is 7.64. The van der Waals surface area contributed by atoms with Crippen LogP contribution in [0.25, 0.3) is 0 Å². The fraction of sp³-hybridized carbons (Fsp3) is 0.600. The van der Waals surface area contributed by atoms with Gasteiger partial charge in [-0.3, -0.25) is 0 Å². The van der Waals surface area contributed by atoms with Crippen LogP contribution < -0.4 is 15.4 Å². The lowest BCUT2D eigenvalue weighted by Gasteiger charge is -2.12. The van der Waals surface area contributed by atoms with Gasteiger partial charge in [0, 0.05) is 24.3 Å². The number of benzene rings is 1. The van der Waals surface area contributed by atoms with Gasteiger partial charge in [0.05, 0.1) is 4.90 Å². The quantitative estimate of drug-likeness (QED) is 0.717. The summed E-state index contributed by atoms with van der Waals surface area (Å²) >= 11 is 0. The third-order valence-electron chi connectivity index (χ3n) is 4.05. The number of rotatable bonds is 7. The molecule has 3 rings (SSSR count). The molecule has 0 bridgehead atoms. The van der Waals surface area contributed by atoms with Gasteiger partial charge >= 0.3 is 0 Å². The van der Waals surface area contributed by atoms with Crippen LogP contribution in [-0.4, -0.2) is 33.6 Å². The van der Waals surface area contributed by atoms with E-state index in [1.165, 1.54) is 12.8 Å². The number of sulfonamides is 1. The van der Waals surface area contributed by atoms with Crippen molar-refractivity contribution in [2.75, 3.05) is 18.4 Å². The molecule has 1 aromatic carbocycles. The fourth-order valence-electron chi connectivity index (χ4n) is 2.63. The third kappa shape index (κ3) is 4.18. The van der Waals surface area contributed by atoms with Crippen molar-refractivity contribution in [1.29, 1.82) is 0 Å². The van der Waals surface area contributed by atoms with Gasteiger partial charge in [-0.15, -0.1) is 0 Å². The summed E-state index contributed by atoms with van der Waals surface area (Å²) in [5.41, 5.74) is 0.971. The number of anilines is 1. The topological polar surface area (TPSA) is 70.2 Å². The molecule has 1 aliphatic carbocycles. The molecule has 1 heterocycles. The van der Waals surface area contributed by atoms with Crippen LogP contribution in [0.3, 0.4) is 0 Å². The molecule has 0 radical (unpaired) electrons. The maximum absolute atomic E-state index is 12.0. The summed E-state index contributed by atoms with van der Waals surface area (Å²) in [7, 11) is -3.34. The molecule has 0 unspecified atom stereocenters. The highest BCUT2D eigenvalue weighted by Gasteiger charge is 2.27. The molecular weight excluding hydrogens is 286 g/mol. The highest BCUT2D eigenvalue weighted by atomic mass is 32.2. The third-order valence-corrected chi connectivity index (χ3v) is 5.58. The van der Waals surface area contributed by atoms with E-state index in [2.05, 4.69) is 15.4 Å². The van der Waals surface area contributed by atoms with E-state index in [9.17, 15) is 8.42 Å². The van der Waals surface area contributed by atoms with Gasteiger partial charge in [-0.25, -0.2) is 13.1 Å². The molecule has 1 saturated heterocycles. The molecule has 21 heavy (non-hydrogen) atoms. The van der Waals surface area contributed by atoms with Crippen molar-refractivity contribution < 1.29 is 8.42 Å². The average molecular weight is 309 g/mol. The molecule has 1 saturated carbocycles. The van der Waals surface area contributed by atoms with E-state index in [4.69, 9.17) is 0 Å². The van der Waals surface area contributed by atoms with Crippen LogP contribution in [0.4, 0.5) is 5.69 Å². The first kappa shape index (κ1) is 14.8. The minimum Gasteiger partial charge on any atom is -0.385 e. The summed E-state index contributed by atoms with van der Waals surface area (Å²) in [5.74, 6) is 0. The van der Waals surface area contributed by atoms with Crippen molar-refractivity contribution in [3.8, 4) is 0 Å². The Kier molecular flexibility index (Phi) is 4.47. The Morgan fingerprint density at radius 3 is 2.52 bits per heavy atom. The summed E-state index contributed by atoms with van der Waals surface area (Å²) in [5, 5.41) is 6.82. The van der Waals surface area contributed by atoms with Crippen molar-refractivity contribution >= 4 is 15.7 Å². The van der Waals surface area contributed by atoms with E-state index in [0.717, 1.165) is 38.0 Å². The van der Waals surface area contributed by atoms with Crippen LogP contribution >= 0.6 is 0 Å². The first-order valence-electron chi connectivity index (χ1n) is 7.73. The number of nitrogens with one attached hydrogen (secondary N) is 3. The molecule has 116 valence electrons. The second-order valence-electron chi connectivity index (χ2n) is 5.93. The van der Waals surface area contributed by atoms with E-state index in [1.54, 1.807) is 12.1 Å². The van der Waals surface area contributed by atoms with Crippen molar-refractivity contribution in [2.45, 2.75) is 49.1 Å². The van der Waals surface area contributed by atoms with Crippen LogP contribution in [0, 0.1) is 0 Å². The van der Waals surface area contributed by atoms with Gasteiger partial charge < -0.3 is 10.6 Å². The van der Waals surface area contributed by atoms with Gasteiger partial charge in [0.15, 0.2) is 0 Å². The van der Waals surface area contributed by atoms with Gasteiger partial charge in [-0.1, -0.05) is 0 Å². The minimum absolute atomic E-state index is 0.145. The lowest BCUT2D eigenvalue weighted by atomic mass is 10.1. The van der Waals surface area contributed by atoms with Gasteiger partial charge in [-0.05, 0) is 62.9 Å². The predicted molar refractivity (Wildman–Crippen MR) is 83.9 cm³/mol. The Balaban J connectivity index is 1.51. The zero-order valence-electron chi connectivity index (χ0n) is 12.1. The molecule has 0 spiro atoms. The summed E-state index contributed by atoms with van der Waals surface area (Å²) in [6.45, 7) is 2.04. The molecule has 5 nitrogen and oxygen atoms in total. The molecular formula is C15H23N3O2S. The number of hydrogen-bond donors (Lipinski definition) is 3. The van der Waals surface area contributed by atoms with Crippen molar-refractivity contribution in [2.24, 2.45) is 0 Å². The maximum atomic E-state index is 12.0. The first-order valence-corrected chi connectivity index (χ1v) is 9.21. The largest absolute Gasteiger partial charge is 0.385 e. The Labute approximate surface area is 126 Å². The molecule has 2 aliphatic rings. The van der Waals surface area contributed by atoms with Crippen LogP contribution in [-0.2, 0) is 10.0 Å². The van der Waals surface area contributed by atoms with E-state index >= 15 is 0 Å². The maximum Gasteiger partial charge on any atom is 0.240 e. The first-order chi connectivity index (χ1) is 10.1. The van der Waals surface area contributed by atoms with Gasteiger partial charge in [0.2, 0.25) is 10.0 Å². The molecule has 3 N–H and O–H groups in total. The standard InChI is InChI=1S/C15H23N3O2S/c19-21(20,18-14-3-4-14)15-7-5-13(6-8-15)17-11-9-12-2-1-10-16-12/h5-8,12,14,16-18H,1-4,9-11H2/t12-/m0/s1. The van der Waals surface area contributed by atoms with Crippen molar-refractivity contribution in [3.05, 3.63) is 24.3 Å². The van der Waals surface area contributed by atoms with Crippen LogP contribution in [0.1, 0.15) is 32.1 Å². The lowest BCUT2D eigenvalue weighted by Crippen LogP contribution is -2.25. The molecule has 0 amide bonds. The normalized spacial score (nSPS) is 22.4. The van der Waals surface area contributed by atoms with E-state index in [1.807, 2.05) is 12.1 Å². The fourth-order valence-corrected chi connectivity index (χ4v) is 3.94. The summed E-state index contributed by atoms with van der Waals surface area (Å²) < 4.78 is 26.8. The van der Waals surface area contributed by atoms with Crippen molar-refractivity contribution in [3.63, 3.8) is 0 Å².